The fourth-order valence-corrected chi connectivity index (χ4v) is 2.17. The number of nitrogens with zero attached hydrogens (tertiary/aromatic N) is 2. The molecule has 0 atom stereocenters. The van der Waals surface area contributed by atoms with Crippen LogP contribution >= 0.6 is 11.6 Å². The fraction of sp³-hybridized carbons (Fsp3) is 0. The van der Waals surface area contributed by atoms with Gasteiger partial charge in [0.15, 0.2) is 11.6 Å². The Morgan fingerprint density at radius 3 is 2.45 bits per heavy atom. The van der Waals surface area contributed by atoms with Gasteiger partial charge in [-0.05, 0) is 30.3 Å². The molecule has 3 rings (SSSR count). The molecule has 1 amide bonds. The molecule has 0 unspecified atom stereocenters. The van der Waals surface area contributed by atoms with Crippen LogP contribution in [0.4, 0.5) is 14.5 Å². The number of carbonyl (C=O) groups excluding carboxylic acids is 1. The first-order chi connectivity index (χ1) is 10.5. The second-order valence-electron chi connectivity index (χ2n) is 4.46. The molecule has 1 aromatic heterocycles. The van der Waals surface area contributed by atoms with Crippen molar-refractivity contribution >= 4 is 34.2 Å². The third-order valence-electron chi connectivity index (χ3n) is 2.98. The summed E-state index contributed by atoms with van der Waals surface area (Å²) in [7, 11) is 0. The average Bonchev–Trinajstić information content (AvgIpc) is 2.50. The molecule has 0 saturated heterocycles. The molecule has 0 radical (unpaired) electrons. The molecule has 110 valence electrons. The fourth-order valence-electron chi connectivity index (χ4n) is 1.94. The largest absolute Gasteiger partial charge is 0.322 e. The maximum absolute atomic E-state index is 13.2. The number of carbonyl (C=O) groups is 1. The Hall–Kier alpha value is -2.60. The highest BCUT2D eigenvalue weighted by atomic mass is 35.5. The Labute approximate surface area is 128 Å². The van der Waals surface area contributed by atoms with E-state index in [-0.39, 0.29) is 10.6 Å². The number of aromatic nitrogens is 2. The maximum atomic E-state index is 13.2. The molecule has 0 spiro atoms. The average molecular weight is 320 g/mol. The Kier molecular flexibility index (Phi) is 3.68. The lowest BCUT2D eigenvalue weighted by molar-refractivity contribution is 0.102. The highest BCUT2D eigenvalue weighted by molar-refractivity contribution is 6.34. The van der Waals surface area contributed by atoms with Crippen LogP contribution < -0.4 is 5.32 Å². The molecule has 4 nitrogen and oxygen atoms in total. The number of fused-ring (bicyclic) bond motifs is 1. The topological polar surface area (TPSA) is 54.9 Å². The van der Waals surface area contributed by atoms with Crippen molar-refractivity contribution in [3.63, 3.8) is 0 Å². The van der Waals surface area contributed by atoms with E-state index in [1.54, 1.807) is 24.4 Å². The summed E-state index contributed by atoms with van der Waals surface area (Å²) in [6.45, 7) is 0. The summed E-state index contributed by atoms with van der Waals surface area (Å²) in [6, 6.07) is 6.45. The van der Waals surface area contributed by atoms with Crippen LogP contribution in [0.3, 0.4) is 0 Å². The molecule has 1 heterocycles. The molecule has 1 N–H and O–H groups in total. The van der Waals surface area contributed by atoms with Crippen LogP contribution in [0.1, 0.15) is 10.4 Å². The molecule has 7 heteroatoms. The lowest BCUT2D eigenvalue weighted by Crippen LogP contribution is -2.13. The van der Waals surface area contributed by atoms with E-state index in [4.69, 9.17) is 11.6 Å². The summed E-state index contributed by atoms with van der Waals surface area (Å²) in [5.74, 6) is -2.89. The van der Waals surface area contributed by atoms with Gasteiger partial charge in [-0.2, -0.15) is 0 Å². The summed E-state index contributed by atoms with van der Waals surface area (Å²) < 4.78 is 26.3. The van der Waals surface area contributed by atoms with Crippen molar-refractivity contribution in [2.75, 3.05) is 5.32 Å². The monoisotopic (exact) mass is 319 g/mol. The predicted octanol–water partition coefficient (Wildman–Crippen LogP) is 3.81. The van der Waals surface area contributed by atoms with E-state index in [0.29, 0.717) is 16.7 Å². The van der Waals surface area contributed by atoms with Crippen molar-refractivity contribution < 1.29 is 13.6 Å². The highest BCUT2D eigenvalue weighted by Gasteiger charge is 2.15. The zero-order chi connectivity index (χ0) is 15.7. The van der Waals surface area contributed by atoms with Gasteiger partial charge in [-0.1, -0.05) is 11.6 Å². The van der Waals surface area contributed by atoms with Gasteiger partial charge in [0.2, 0.25) is 0 Å². The minimum Gasteiger partial charge on any atom is -0.322 e. The lowest BCUT2D eigenvalue weighted by Gasteiger charge is -2.08. The number of nitrogens with one attached hydrogen (secondary N) is 1. The van der Waals surface area contributed by atoms with Crippen molar-refractivity contribution in [3.05, 3.63) is 64.9 Å². The Morgan fingerprint density at radius 2 is 1.68 bits per heavy atom. The van der Waals surface area contributed by atoms with Gasteiger partial charge in [-0.25, -0.2) is 8.78 Å². The summed E-state index contributed by atoms with van der Waals surface area (Å²) in [5, 5.41) is 2.39. The third kappa shape index (κ3) is 2.73. The van der Waals surface area contributed by atoms with Crippen molar-refractivity contribution in [1.82, 2.24) is 9.97 Å². The lowest BCUT2D eigenvalue weighted by atomic mass is 10.2. The minimum absolute atomic E-state index is 0.153. The number of amides is 1. The second kappa shape index (κ2) is 5.65. The van der Waals surface area contributed by atoms with Gasteiger partial charge in [0.25, 0.3) is 5.91 Å². The summed E-state index contributed by atoms with van der Waals surface area (Å²) in [4.78, 5) is 20.3. The number of anilines is 1. The number of benzene rings is 2. The molecule has 2 aromatic carbocycles. The van der Waals surface area contributed by atoms with Gasteiger partial charge >= 0.3 is 0 Å². The second-order valence-corrected chi connectivity index (χ2v) is 4.87. The molecular weight excluding hydrogens is 312 g/mol. The van der Waals surface area contributed by atoms with E-state index >= 15 is 0 Å². The van der Waals surface area contributed by atoms with Crippen LogP contribution in [0.5, 0.6) is 0 Å². The zero-order valence-electron chi connectivity index (χ0n) is 11.0. The van der Waals surface area contributed by atoms with Crippen molar-refractivity contribution in [2.24, 2.45) is 0 Å². The molecule has 22 heavy (non-hydrogen) atoms. The predicted molar refractivity (Wildman–Crippen MR) is 78.9 cm³/mol. The summed E-state index contributed by atoms with van der Waals surface area (Å²) >= 11 is 5.77. The molecule has 0 aliphatic carbocycles. The van der Waals surface area contributed by atoms with E-state index in [2.05, 4.69) is 15.3 Å². The van der Waals surface area contributed by atoms with Crippen molar-refractivity contribution in [2.45, 2.75) is 0 Å². The SMILES string of the molecule is O=C(Nc1ccc2nccnc2c1)c1cc(F)c(F)cc1Cl. The van der Waals surface area contributed by atoms with Crippen LogP contribution in [0, 0.1) is 11.6 Å². The van der Waals surface area contributed by atoms with E-state index < -0.39 is 17.5 Å². The normalized spacial score (nSPS) is 10.7. The number of hydrogen-bond donors (Lipinski definition) is 1. The summed E-state index contributed by atoms with van der Waals surface area (Å²) in [5.41, 5.74) is 1.56. The van der Waals surface area contributed by atoms with Gasteiger partial charge < -0.3 is 5.32 Å². The van der Waals surface area contributed by atoms with Crippen LogP contribution in [0.25, 0.3) is 11.0 Å². The van der Waals surface area contributed by atoms with Crippen molar-refractivity contribution in [1.29, 1.82) is 0 Å². The molecule has 0 aliphatic rings. The Morgan fingerprint density at radius 1 is 1.00 bits per heavy atom. The van der Waals surface area contributed by atoms with Crippen LogP contribution in [0.2, 0.25) is 5.02 Å². The van der Waals surface area contributed by atoms with Gasteiger partial charge in [-0.15, -0.1) is 0 Å². The molecule has 0 bridgehead atoms. The third-order valence-corrected chi connectivity index (χ3v) is 3.29. The van der Waals surface area contributed by atoms with Crippen LogP contribution in [0.15, 0.2) is 42.7 Å². The van der Waals surface area contributed by atoms with E-state index in [9.17, 15) is 13.6 Å². The number of halogens is 3. The number of hydrogen-bond acceptors (Lipinski definition) is 3. The zero-order valence-corrected chi connectivity index (χ0v) is 11.7. The van der Waals surface area contributed by atoms with Gasteiger partial charge in [0, 0.05) is 18.1 Å². The first-order valence-corrected chi connectivity index (χ1v) is 6.59. The standard InChI is InChI=1S/C15H8ClF2N3O/c16-10-7-12(18)11(17)6-9(10)15(22)21-8-1-2-13-14(5-8)20-4-3-19-13/h1-7H,(H,21,22). The minimum atomic E-state index is -1.14. The van der Waals surface area contributed by atoms with E-state index in [0.717, 1.165) is 12.1 Å². The quantitative estimate of drug-likeness (QED) is 0.731. The first kappa shape index (κ1) is 14.3. The van der Waals surface area contributed by atoms with Crippen LogP contribution in [-0.2, 0) is 0 Å². The van der Waals surface area contributed by atoms with Crippen LogP contribution in [-0.4, -0.2) is 15.9 Å². The Bertz CT molecular complexity index is 886. The van der Waals surface area contributed by atoms with Crippen molar-refractivity contribution in [3.8, 4) is 0 Å². The number of rotatable bonds is 2. The Balaban J connectivity index is 1.91. The molecule has 0 saturated carbocycles. The first-order valence-electron chi connectivity index (χ1n) is 6.21. The molecular formula is C15H8ClF2N3O. The van der Waals surface area contributed by atoms with Gasteiger partial charge in [0.1, 0.15) is 0 Å². The molecule has 0 fully saturated rings. The molecule has 0 aliphatic heterocycles. The maximum Gasteiger partial charge on any atom is 0.257 e. The van der Waals surface area contributed by atoms with Gasteiger partial charge in [0.05, 0.1) is 21.6 Å². The van der Waals surface area contributed by atoms with E-state index in [1.165, 1.54) is 6.20 Å². The van der Waals surface area contributed by atoms with Gasteiger partial charge in [-0.3, -0.25) is 14.8 Å². The highest BCUT2D eigenvalue weighted by Crippen LogP contribution is 2.22. The van der Waals surface area contributed by atoms with E-state index in [1.807, 2.05) is 0 Å². The molecule has 3 aromatic rings. The summed E-state index contributed by atoms with van der Waals surface area (Å²) in [6.07, 6.45) is 3.09. The smallest absolute Gasteiger partial charge is 0.257 e.